The summed E-state index contributed by atoms with van der Waals surface area (Å²) in [5, 5.41) is 0. The molecule has 53 heavy (non-hydrogen) atoms. The zero-order valence-corrected chi connectivity index (χ0v) is 32.9. The van der Waals surface area contributed by atoms with Gasteiger partial charge in [-0.1, -0.05) is 155 Å². The highest BCUT2D eigenvalue weighted by Gasteiger charge is 2.37. The quantitative estimate of drug-likeness (QED) is 0.116. The lowest BCUT2D eigenvalue weighted by Gasteiger charge is -2.42. The molecule has 0 aliphatic heterocycles. The summed E-state index contributed by atoms with van der Waals surface area (Å²) in [5.41, 5.74) is 23.7. The first-order chi connectivity index (χ1) is 25.6. The van der Waals surface area contributed by atoms with Gasteiger partial charge in [-0.3, -0.25) is 0 Å². The Morgan fingerprint density at radius 3 is 2.23 bits per heavy atom. The number of fused-ring (bicyclic) bond motifs is 5. The molecule has 0 nitrogen and oxygen atoms in total. The standard InChI is InChI=1S/C52H53B/c1-8-41(53-7)30-36(35-16-10-9-11-17-35)22-24-44-42-20-14-13-19-38(42)31-47(45-32-40-29-37-18-12-15-21-43(37)46(40)28-34(45)2)50(44)39-23-25-48-49(33-39)52(5,6)27-26-51(48,3)4/h8-12,14-18,20-25,28,30-33,53H,13,19,26-27,29H2,1-7H3/b24-22-,36-30+,41-8-. The van der Waals surface area contributed by atoms with E-state index < -0.39 is 0 Å². The minimum atomic E-state index is 0.118. The first kappa shape index (κ1) is 35.2. The fourth-order valence-corrected chi connectivity index (χ4v) is 9.26. The fourth-order valence-electron chi connectivity index (χ4n) is 9.26. The van der Waals surface area contributed by atoms with E-state index in [0.717, 1.165) is 26.5 Å². The molecular weight excluding hydrogens is 635 g/mol. The normalized spacial score (nSPS) is 17.0. The van der Waals surface area contributed by atoms with Crippen molar-refractivity contribution in [2.24, 2.45) is 0 Å². The molecule has 1 heteroatoms. The van der Waals surface area contributed by atoms with Gasteiger partial charge in [-0.2, -0.15) is 0 Å². The SMILES string of the molecule is CBC(=C\C)/C=C(\C=C/c1c2c(cc(-c3cc4c(cc3C)-c3ccccc3C4)c1-c1ccc3c(c1)C(C)(C)CCC3(C)C)CCC=C2)c1ccccc1. The summed E-state index contributed by atoms with van der Waals surface area (Å²) in [6.07, 6.45) is 19.8. The van der Waals surface area contributed by atoms with Crippen LogP contribution < -0.4 is 0 Å². The van der Waals surface area contributed by atoms with E-state index in [1.54, 1.807) is 0 Å². The highest BCUT2D eigenvalue weighted by molar-refractivity contribution is 6.45. The Morgan fingerprint density at radius 2 is 1.45 bits per heavy atom. The van der Waals surface area contributed by atoms with Crippen molar-refractivity contribution in [2.75, 3.05) is 0 Å². The van der Waals surface area contributed by atoms with E-state index in [1.807, 2.05) is 0 Å². The van der Waals surface area contributed by atoms with Gasteiger partial charge in [0.15, 0.2) is 7.28 Å². The highest BCUT2D eigenvalue weighted by Crippen LogP contribution is 2.50. The van der Waals surface area contributed by atoms with Crippen LogP contribution in [0, 0.1) is 6.92 Å². The predicted molar refractivity (Wildman–Crippen MR) is 233 cm³/mol. The second-order valence-corrected chi connectivity index (χ2v) is 16.9. The minimum Gasteiger partial charge on any atom is -0.0936 e. The maximum atomic E-state index is 2.58. The number of allylic oxidation sites excluding steroid dienone is 6. The van der Waals surface area contributed by atoms with Crippen molar-refractivity contribution in [1.82, 2.24) is 0 Å². The van der Waals surface area contributed by atoms with E-state index in [9.17, 15) is 0 Å². The van der Waals surface area contributed by atoms with Gasteiger partial charge in [0, 0.05) is 0 Å². The molecule has 3 aliphatic carbocycles. The summed E-state index contributed by atoms with van der Waals surface area (Å²) < 4.78 is 0. The lowest BCUT2D eigenvalue weighted by atomic mass is 9.62. The number of benzene rings is 5. The summed E-state index contributed by atoms with van der Waals surface area (Å²) >= 11 is 0. The van der Waals surface area contributed by atoms with Crippen molar-refractivity contribution in [2.45, 2.75) is 91.3 Å². The molecule has 3 aliphatic rings. The summed E-state index contributed by atoms with van der Waals surface area (Å²) in [5.74, 6) is 0. The van der Waals surface area contributed by atoms with Crippen molar-refractivity contribution in [3.05, 3.63) is 171 Å². The summed E-state index contributed by atoms with van der Waals surface area (Å²) in [7, 11) is 1.00. The predicted octanol–water partition coefficient (Wildman–Crippen LogP) is 13.7. The molecule has 0 radical (unpaired) electrons. The Kier molecular flexibility index (Phi) is 9.18. The van der Waals surface area contributed by atoms with Gasteiger partial charge in [-0.05, 0) is 158 Å². The maximum absolute atomic E-state index is 2.58. The van der Waals surface area contributed by atoms with Gasteiger partial charge >= 0.3 is 0 Å². The van der Waals surface area contributed by atoms with E-state index in [0.29, 0.717) is 0 Å². The third-order valence-corrected chi connectivity index (χ3v) is 12.6. The zero-order valence-electron chi connectivity index (χ0n) is 32.9. The lowest BCUT2D eigenvalue weighted by molar-refractivity contribution is 0.332. The minimum absolute atomic E-state index is 0.118. The van der Waals surface area contributed by atoms with E-state index in [-0.39, 0.29) is 10.8 Å². The molecule has 0 amide bonds. The van der Waals surface area contributed by atoms with Gasteiger partial charge in [0.05, 0.1) is 0 Å². The molecule has 0 bridgehead atoms. The van der Waals surface area contributed by atoms with Crippen LogP contribution in [0.15, 0.2) is 121 Å². The monoisotopic (exact) mass is 688 g/mol. The number of hydrogen-bond donors (Lipinski definition) is 0. The topological polar surface area (TPSA) is 0 Å². The smallest absolute Gasteiger partial charge is 0.0936 e. The van der Waals surface area contributed by atoms with Crippen LogP contribution in [0.25, 0.3) is 51.1 Å². The van der Waals surface area contributed by atoms with Gasteiger partial charge in [-0.25, -0.2) is 0 Å². The lowest BCUT2D eigenvalue weighted by Crippen LogP contribution is -2.33. The Balaban J connectivity index is 1.42. The van der Waals surface area contributed by atoms with Crippen LogP contribution in [0.5, 0.6) is 0 Å². The second kappa shape index (κ2) is 13.8. The van der Waals surface area contributed by atoms with E-state index in [1.165, 1.54) is 107 Å². The van der Waals surface area contributed by atoms with Crippen molar-refractivity contribution in [3.63, 3.8) is 0 Å². The maximum Gasteiger partial charge on any atom is 0.154 e. The Hall–Kier alpha value is -4.88. The molecule has 264 valence electrons. The molecule has 0 heterocycles. The number of rotatable bonds is 7. The van der Waals surface area contributed by atoms with Gasteiger partial charge < -0.3 is 0 Å². The van der Waals surface area contributed by atoms with Crippen LogP contribution in [-0.2, 0) is 23.7 Å². The van der Waals surface area contributed by atoms with Crippen LogP contribution in [0.2, 0.25) is 6.82 Å². The van der Waals surface area contributed by atoms with Gasteiger partial charge in [-0.15, -0.1) is 0 Å². The van der Waals surface area contributed by atoms with Gasteiger partial charge in [0.25, 0.3) is 0 Å². The van der Waals surface area contributed by atoms with E-state index in [2.05, 4.69) is 176 Å². The molecule has 0 aromatic heterocycles. The molecule has 0 N–H and O–H groups in total. The molecule has 0 saturated carbocycles. The first-order valence-electron chi connectivity index (χ1n) is 19.9. The van der Waals surface area contributed by atoms with Crippen LogP contribution in [0.3, 0.4) is 0 Å². The van der Waals surface area contributed by atoms with E-state index >= 15 is 0 Å². The largest absolute Gasteiger partial charge is 0.154 e. The summed E-state index contributed by atoms with van der Waals surface area (Å²) in [6, 6.07) is 34.9. The van der Waals surface area contributed by atoms with Crippen LogP contribution in [0.4, 0.5) is 0 Å². The van der Waals surface area contributed by atoms with Crippen molar-refractivity contribution in [1.29, 1.82) is 0 Å². The second-order valence-electron chi connectivity index (χ2n) is 16.9. The fraction of sp³-hybridized carbons (Fsp3) is 0.269. The van der Waals surface area contributed by atoms with Crippen molar-refractivity contribution < 1.29 is 0 Å². The highest BCUT2D eigenvalue weighted by atomic mass is 14.4. The molecule has 0 unspecified atom stereocenters. The Bertz CT molecular complexity index is 2350. The van der Waals surface area contributed by atoms with E-state index in [4.69, 9.17) is 0 Å². The summed E-state index contributed by atoms with van der Waals surface area (Å²) in [6.45, 7) is 16.5. The van der Waals surface area contributed by atoms with Crippen molar-refractivity contribution >= 4 is 25.0 Å². The Morgan fingerprint density at radius 1 is 0.717 bits per heavy atom. The van der Waals surface area contributed by atoms with Crippen LogP contribution >= 0.6 is 0 Å². The molecule has 0 saturated heterocycles. The average Bonchev–Trinajstić information content (AvgIpc) is 3.53. The third kappa shape index (κ3) is 6.43. The molecule has 0 atom stereocenters. The number of aryl methyl sites for hydroxylation is 2. The first-order valence-corrected chi connectivity index (χ1v) is 19.9. The number of hydrogen-bond acceptors (Lipinski definition) is 0. The summed E-state index contributed by atoms with van der Waals surface area (Å²) in [4.78, 5) is 0. The van der Waals surface area contributed by atoms with Crippen LogP contribution in [0.1, 0.15) is 104 Å². The molecule has 0 spiro atoms. The Labute approximate surface area is 319 Å². The molecular formula is C52H53B. The van der Waals surface area contributed by atoms with Gasteiger partial charge in [0.2, 0.25) is 0 Å². The average molecular weight is 689 g/mol. The molecule has 0 fully saturated rings. The zero-order chi connectivity index (χ0) is 36.9. The third-order valence-electron chi connectivity index (χ3n) is 12.6. The van der Waals surface area contributed by atoms with Gasteiger partial charge in [0.1, 0.15) is 0 Å². The van der Waals surface area contributed by atoms with Crippen LogP contribution in [-0.4, -0.2) is 7.28 Å². The molecule has 5 aromatic rings. The molecule has 5 aromatic carbocycles. The molecule has 8 rings (SSSR count). The van der Waals surface area contributed by atoms with Crippen molar-refractivity contribution in [3.8, 4) is 33.4 Å².